The first-order chi connectivity index (χ1) is 15.4. The predicted octanol–water partition coefficient (Wildman–Crippen LogP) is 5.38. The Hall–Kier alpha value is -2.60. The normalized spacial score (nSPS) is 25.7. The first-order valence-corrected chi connectivity index (χ1v) is 12.6. The molecule has 32 heavy (non-hydrogen) atoms. The number of nitrogens with one attached hydrogen (secondary N) is 1. The van der Waals surface area contributed by atoms with E-state index >= 15 is 0 Å². The molecule has 1 atom stereocenters. The van der Waals surface area contributed by atoms with E-state index in [9.17, 15) is 9.59 Å². The van der Waals surface area contributed by atoms with Crippen LogP contribution >= 0.6 is 11.3 Å². The van der Waals surface area contributed by atoms with Crippen LogP contribution in [0.5, 0.6) is 0 Å². The van der Waals surface area contributed by atoms with Crippen LogP contribution in [-0.4, -0.2) is 28.0 Å². The summed E-state index contributed by atoms with van der Waals surface area (Å²) in [5.74, 6) is 0.546. The lowest BCUT2D eigenvalue weighted by Gasteiger charge is -2.45. The molecule has 6 heteroatoms. The fourth-order valence-corrected chi connectivity index (χ4v) is 6.07. The minimum absolute atomic E-state index is 0.0623. The number of nitrogens with zero attached hydrogens (tertiary/aromatic N) is 2. The van der Waals surface area contributed by atoms with E-state index < -0.39 is 5.54 Å². The monoisotopic (exact) mass is 449 g/mol. The second-order valence-electron chi connectivity index (χ2n) is 9.65. The van der Waals surface area contributed by atoms with Crippen molar-refractivity contribution in [3.8, 4) is 0 Å². The van der Waals surface area contributed by atoms with Crippen molar-refractivity contribution in [1.82, 2.24) is 9.88 Å². The Morgan fingerprint density at radius 1 is 1.16 bits per heavy atom. The van der Waals surface area contributed by atoms with E-state index in [2.05, 4.69) is 31.3 Å². The van der Waals surface area contributed by atoms with Gasteiger partial charge in [0.2, 0.25) is 5.91 Å². The Morgan fingerprint density at radius 2 is 1.88 bits per heavy atom. The van der Waals surface area contributed by atoms with Gasteiger partial charge in [0.25, 0.3) is 5.91 Å². The molecule has 2 amide bonds. The average Bonchev–Trinajstić information content (AvgIpc) is 3.38. The zero-order valence-electron chi connectivity index (χ0n) is 19.1. The first-order valence-electron chi connectivity index (χ1n) is 11.7. The van der Waals surface area contributed by atoms with E-state index in [1.165, 1.54) is 5.56 Å². The van der Waals surface area contributed by atoms with Crippen molar-refractivity contribution in [1.29, 1.82) is 0 Å². The summed E-state index contributed by atoms with van der Waals surface area (Å²) >= 11 is 1.63. The summed E-state index contributed by atoms with van der Waals surface area (Å²) in [6.07, 6.45) is 5.22. The van der Waals surface area contributed by atoms with Gasteiger partial charge in [-0.1, -0.05) is 26.0 Å². The van der Waals surface area contributed by atoms with Gasteiger partial charge < -0.3 is 9.88 Å². The van der Waals surface area contributed by atoms with E-state index in [0.717, 1.165) is 53.9 Å². The van der Waals surface area contributed by atoms with Crippen molar-refractivity contribution in [3.05, 3.63) is 53.0 Å². The van der Waals surface area contributed by atoms with Gasteiger partial charge in [0.05, 0.1) is 16.8 Å². The molecule has 5 rings (SSSR count). The van der Waals surface area contributed by atoms with Crippen molar-refractivity contribution >= 4 is 39.1 Å². The predicted molar refractivity (Wildman–Crippen MR) is 130 cm³/mol. The number of aromatic nitrogens is 1. The van der Waals surface area contributed by atoms with Crippen LogP contribution in [0.4, 0.5) is 5.69 Å². The summed E-state index contributed by atoms with van der Waals surface area (Å²) in [6, 6.07) is 12.3. The molecule has 0 bridgehead atoms. The van der Waals surface area contributed by atoms with Crippen LogP contribution in [0.3, 0.4) is 0 Å². The van der Waals surface area contributed by atoms with E-state index in [1.54, 1.807) is 16.2 Å². The average molecular weight is 450 g/mol. The lowest BCUT2D eigenvalue weighted by molar-refractivity contribution is -0.127. The molecule has 0 saturated heterocycles. The number of fused-ring (bicyclic) bond motifs is 3. The van der Waals surface area contributed by atoms with Gasteiger partial charge in [-0.3, -0.25) is 14.5 Å². The van der Waals surface area contributed by atoms with Gasteiger partial charge in [-0.2, -0.15) is 0 Å². The van der Waals surface area contributed by atoms with Crippen molar-refractivity contribution in [2.24, 2.45) is 5.92 Å². The van der Waals surface area contributed by atoms with E-state index in [4.69, 9.17) is 0 Å². The third-order valence-electron chi connectivity index (χ3n) is 7.35. The molecule has 1 aromatic carbocycles. The highest BCUT2D eigenvalue weighted by atomic mass is 32.1. The molecule has 1 saturated carbocycles. The van der Waals surface area contributed by atoms with Crippen LogP contribution in [0.15, 0.2) is 41.8 Å². The Labute approximate surface area is 193 Å². The maximum absolute atomic E-state index is 13.8. The summed E-state index contributed by atoms with van der Waals surface area (Å²) < 4.78 is 3.12. The van der Waals surface area contributed by atoms with Gasteiger partial charge in [-0.15, -0.1) is 11.3 Å². The lowest BCUT2D eigenvalue weighted by Crippen LogP contribution is -2.65. The number of aryl methyl sites for hydroxylation is 1. The molecule has 2 aromatic heterocycles. The number of hydrogen-bond donors (Lipinski definition) is 1. The van der Waals surface area contributed by atoms with Crippen molar-refractivity contribution < 1.29 is 9.59 Å². The Kier molecular flexibility index (Phi) is 5.36. The molecular formula is C26H31N3O2S. The molecule has 3 aromatic rings. The second-order valence-corrected chi connectivity index (χ2v) is 10.6. The number of carbonyl (C=O) groups is 2. The van der Waals surface area contributed by atoms with Crippen LogP contribution in [-0.2, 0) is 17.8 Å². The Morgan fingerprint density at radius 3 is 2.56 bits per heavy atom. The van der Waals surface area contributed by atoms with Crippen molar-refractivity contribution in [3.63, 3.8) is 0 Å². The number of hydrogen-bond acceptors (Lipinski definition) is 3. The highest BCUT2D eigenvalue weighted by Crippen LogP contribution is 2.37. The third-order valence-corrected chi connectivity index (χ3v) is 8.20. The fourth-order valence-electron chi connectivity index (χ4n) is 5.24. The third kappa shape index (κ3) is 3.45. The van der Waals surface area contributed by atoms with Crippen LogP contribution < -0.4 is 10.2 Å². The van der Waals surface area contributed by atoms with E-state index in [-0.39, 0.29) is 17.9 Å². The minimum atomic E-state index is -1.01. The SMILES string of the molecule is CCc1ccc(N2C(=O)c3cc4sccc4n3C[C@@]2(C)C(=O)NC2CCC(C)CC2)cc1. The number of anilines is 1. The second kappa shape index (κ2) is 8.07. The summed E-state index contributed by atoms with van der Waals surface area (Å²) in [7, 11) is 0. The Bertz CT molecular complexity index is 1150. The molecule has 2 aliphatic rings. The highest BCUT2D eigenvalue weighted by molar-refractivity contribution is 7.17. The molecule has 0 radical (unpaired) electrons. The molecule has 1 aliphatic carbocycles. The van der Waals surface area contributed by atoms with Crippen LogP contribution in [0, 0.1) is 5.92 Å². The van der Waals surface area contributed by atoms with Crippen molar-refractivity contribution in [2.75, 3.05) is 4.90 Å². The molecular weight excluding hydrogens is 418 g/mol. The van der Waals surface area contributed by atoms with E-state index in [0.29, 0.717) is 12.2 Å². The Balaban J connectivity index is 1.55. The molecule has 1 aliphatic heterocycles. The van der Waals surface area contributed by atoms with Gasteiger partial charge in [-0.25, -0.2) is 0 Å². The molecule has 1 fully saturated rings. The topological polar surface area (TPSA) is 54.3 Å². The lowest BCUT2D eigenvalue weighted by atomic mass is 9.86. The van der Waals surface area contributed by atoms with Crippen LogP contribution in [0.2, 0.25) is 0 Å². The largest absolute Gasteiger partial charge is 0.351 e. The number of carbonyl (C=O) groups excluding carboxylic acids is 2. The van der Waals surface area contributed by atoms with Crippen molar-refractivity contribution in [2.45, 2.75) is 71.0 Å². The maximum Gasteiger partial charge on any atom is 0.275 e. The highest BCUT2D eigenvalue weighted by Gasteiger charge is 2.49. The zero-order chi connectivity index (χ0) is 22.5. The molecule has 0 spiro atoms. The molecule has 0 unspecified atom stereocenters. The minimum Gasteiger partial charge on any atom is -0.351 e. The summed E-state index contributed by atoms with van der Waals surface area (Å²) in [5, 5.41) is 5.35. The molecule has 168 valence electrons. The first kappa shape index (κ1) is 21.3. The summed E-state index contributed by atoms with van der Waals surface area (Å²) in [5.41, 5.74) is 2.67. The standard InChI is InChI=1S/C26H31N3O2S/c1-4-18-7-11-20(12-8-18)29-24(30)22-15-23-21(13-14-32-23)28(22)16-26(29,3)25(31)27-19-9-5-17(2)6-10-19/h7-8,11-15,17,19H,4-6,9-10,16H2,1-3H3,(H,27,31)/t17?,19?,26-/m0/s1. The quantitative estimate of drug-likeness (QED) is 0.581. The van der Waals surface area contributed by atoms with Gasteiger partial charge in [-0.05, 0) is 80.2 Å². The zero-order valence-corrected chi connectivity index (χ0v) is 19.9. The van der Waals surface area contributed by atoms with Gasteiger partial charge >= 0.3 is 0 Å². The van der Waals surface area contributed by atoms with Gasteiger partial charge in [0, 0.05) is 11.7 Å². The number of benzene rings is 1. The molecule has 3 heterocycles. The fraction of sp³-hybridized carbons (Fsp3) is 0.462. The number of amides is 2. The smallest absolute Gasteiger partial charge is 0.275 e. The summed E-state index contributed by atoms with van der Waals surface area (Å²) in [4.78, 5) is 29.4. The van der Waals surface area contributed by atoms with Gasteiger partial charge in [0.15, 0.2) is 0 Å². The maximum atomic E-state index is 13.8. The number of rotatable bonds is 4. The number of thiophene rings is 1. The van der Waals surface area contributed by atoms with Gasteiger partial charge in [0.1, 0.15) is 11.2 Å². The molecule has 5 nitrogen and oxygen atoms in total. The van der Waals surface area contributed by atoms with E-state index in [1.807, 2.05) is 41.1 Å². The summed E-state index contributed by atoms with van der Waals surface area (Å²) in [6.45, 7) is 6.75. The van der Waals surface area contributed by atoms with Crippen LogP contribution in [0.1, 0.15) is 62.5 Å². The van der Waals surface area contributed by atoms with Crippen LogP contribution in [0.25, 0.3) is 10.2 Å². The molecule has 1 N–H and O–H groups in total.